The lowest BCUT2D eigenvalue weighted by molar-refractivity contribution is 0.100. The van der Waals surface area contributed by atoms with Crippen molar-refractivity contribution in [3.63, 3.8) is 0 Å². The average molecular weight is 251 g/mol. The van der Waals surface area contributed by atoms with Gasteiger partial charge in [0.25, 0.3) is 0 Å². The van der Waals surface area contributed by atoms with E-state index in [2.05, 4.69) is 4.99 Å². The van der Waals surface area contributed by atoms with Gasteiger partial charge in [0.05, 0.1) is 0 Å². The van der Waals surface area contributed by atoms with Crippen molar-refractivity contribution >= 4 is 11.5 Å². The molecule has 0 radical (unpaired) electrons. The van der Waals surface area contributed by atoms with E-state index in [4.69, 9.17) is 0 Å². The first-order chi connectivity index (χ1) is 9.18. The summed E-state index contributed by atoms with van der Waals surface area (Å²) in [6, 6.07) is 17.5. The zero-order valence-corrected chi connectivity index (χ0v) is 11.3. The van der Waals surface area contributed by atoms with E-state index in [1.54, 1.807) is 0 Å². The molecule has 0 spiro atoms. The van der Waals surface area contributed by atoms with Crippen LogP contribution in [0.2, 0.25) is 0 Å². The Morgan fingerprint density at radius 1 is 1.00 bits per heavy atom. The number of carbonyl (C=O) groups is 1. The number of hydrogen-bond acceptors (Lipinski definition) is 2. The lowest BCUT2D eigenvalue weighted by Gasteiger charge is -2.03. The first-order valence-corrected chi connectivity index (χ1v) is 6.34. The average Bonchev–Trinajstić information content (AvgIpc) is 2.46. The van der Waals surface area contributed by atoms with E-state index in [-0.39, 0.29) is 12.3 Å². The summed E-state index contributed by atoms with van der Waals surface area (Å²) in [5, 5.41) is 0. The minimum absolute atomic E-state index is 0.0633. The molecule has 2 rings (SSSR count). The summed E-state index contributed by atoms with van der Waals surface area (Å²) in [6.45, 7) is 4.08. The Morgan fingerprint density at radius 2 is 1.63 bits per heavy atom. The lowest BCUT2D eigenvalue weighted by Crippen LogP contribution is -2.07. The van der Waals surface area contributed by atoms with Crippen LogP contribution >= 0.6 is 0 Å². The zero-order valence-electron chi connectivity index (χ0n) is 11.3. The van der Waals surface area contributed by atoms with Crippen LogP contribution < -0.4 is 0 Å². The number of benzene rings is 2. The number of hydrogen-bond donors (Lipinski definition) is 0. The summed E-state index contributed by atoms with van der Waals surface area (Å²) >= 11 is 0. The number of nitrogens with zero attached hydrogens (tertiary/aromatic N) is 1. The minimum Gasteiger partial charge on any atom is -0.292 e. The van der Waals surface area contributed by atoms with Crippen LogP contribution in [0.5, 0.6) is 0 Å². The smallest absolute Gasteiger partial charge is 0.184 e. The first-order valence-electron chi connectivity index (χ1n) is 6.34. The second-order valence-electron chi connectivity index (χ2n) is 4.51. The maximum Gasteiger partial charge on any atom is 0.184 e. The Kier molecular flexibility index (Phi) is 4.24. The van der Waals surface area contributed by atoms with E-state index >= 15 is 0 Å². The monoisotopic (exact) mass is 251 g/mol. The first kappa shape index (κ1) is 13.2. The lowest BCUT2D eigenvalue weighted by atomic mass is 10.1. The third-order valence-corrected chi connectivity index (χ3v) is 3.10. The summed E-state index contributed by atoms with van der Waals surface area (Å²) in [6.07, 6.45) is 0. The normalized spacial score (nSPS) is 11.4. The van der Waals surface area contributed by atoms with E-state index in [1.165, 1.54) is 0 Å². The molecule has 2 nitrogen and oxygen atoms in total. The van der Waals surface area contributed by atoms with Gasteiger partial charge in [0.2, 0.25) is 0 Å². The topological polar surface area (TPSA) is 29.4 Å². The third kappa shape index (κ3) is 3.38. The zero-order chi connectivity index (χ0) is 13.7. The van der Waals surface area contributed by atoms with Crippen molar-refractivity contribution in [3.8, 4) is 0 Å². The van der Waals surface area contributed by atoms with Crippen LogP contribution in [0.15, 0.2) is 59.6 Å². The molecule has 0 fully saturated rings. The SMILES string of the molecule is CC(=NCC(=O)c1ccccc1C)c1ccccc1. The molecule has 0 amide bonds. The Morgan fingerprint density at radius 3 is 2.32 bits per heavy atom. The molecule has 0 N–H and O–H groups in total. The van der Waals surface area contributed by atoms with Gasteiger partial charge >= 0.3 is 0 Å². The van der Waals surface area contributed by atoms with Gasteiger partial charge in [-0.3, -0.25) is 9.79 Å². The molecule has 0 aliphatic rings. The molecule has 2 aromatic rings. The quantitative estimate of drug-likeness (QED) is 0.602. The van der Waals surface area contributed by atoms with Crippen LogP contribution in [0.4, 0.5) is 0 Å². The van der Waals surface area contributed by atoms with E-state index < -0.39 is 0 Å². The van der Waals surface area contributed by atoms with Crippen LogP contribution in [-0.2, 0) is 0 Å². The molecule has 0 saturated heterocycles. The number of aryl methyl sites for hydroxylation is 1. The predicted molar refractivity (Wildman–Crippen MR) is 79.0 cm³/mol. The van der Waals surface area contributed by atoms with E-state index in [1.807, 2.05) is 68.4 Å². The van der Waals surface area contributed by atoms with Gasteiger partial charge in [-0.15, -0.1) is 0 Å². The predicted octanol–water partition coefficient (Wildman–Crippen LogP) is 3.69. The molecule has 0 saturated carbocycles. The van der Waals surface area contributed by atoms with Crippen molar-refractivity contribution in [2.45, 2.75) is 13.8 Å². The molecule has 2 heteroatoms. The largest absolute Gasteiger partial charge is 0.292 e. The molecule has 0 aliphatic heterocycles. The van der Waals surface area contributed by atoms with Crippen LogP contribution in [-0.4, -0.2) is 18.0 Å². The van der Waals surface area contributed by atoms with Crippen molar-refractivity contribution in [1.29, 1.82) is 0 Å². The van der Waals surface area contributed by atoms with Gasteiger partial charge in [0, 0.05) is 11.3 Å². The van der Waals surface area contributed by atoms with E-state index in [9.17, 15) is 4.79 Å². The third-order valence-electron chi connectivity index (χ3n) is 3.10. The second kappa shape index (κ2) is 6.10. The fourth-order valence-electron chi connectivity index (χ4n) is 1.93. The van der Waals surface area contributed by atoms with Gasteiger partial charge < -0.3 is 0 Å². The molecule has 0 heterocycles. The summed E-state index contributed by atoms with van der Waals surface area (Å²) in [7, 11) is 0. The fraction of sp³-hybridized carbons (Fsp3) is 0.176. The number of carbonyl (C=O) groups excluding carboxylic acids is 1. The van der Waals surface area contributed by atoms with E-state index in [0.717, 1.165) is 22.4 Å². The second-order valence-corrected chi connectivity index (χ2v) is 4.51. The van der Waals surface area contributed by atoms with E-state index in [0.29, 0.717) is 0 Å². The van der Waals surface area contributed by atoms with Gasteiger partial charge in [-0.05, 0) is 25.0 Å². The summed E-state index contributed by atoms with van der Waals surface area (Å²) in [5.74, 6) is 0.0633. The summed E-state index contributed by atoms with van der Waals surface area (Å²) in [4.78, 5) is 16.5. The highest BCUT2D eigenvalue weighted by atomic mass is 16.1. The maximum absolute atomic E-state index is 12.1. The molecule has 19 heavy (non-hydrogen) atoms. The van der Waals surface area contributed by atoms with Crippen LogP contribution in [0.1, 0.15) is 28.4 Å². The van der Waals surface area contributed by atoms with Crippen LogP contribution in [0.3, 0.4) is 0 Å². The number of Topliss-reactive ketones (excluding diaryl/α,β-unsaturated/α-hetero) is 1. The molecule has 2 aromatic carbocycles. The highest BCUT2D eigenvalue weighted by molar-refractivity contribution is 6.03. The van der Waals surface area contributed by atoms with Gasteiger partial charge in [-0.25, -0.2) is 0 Å². The molecule has 0 unspecified atom stereocenters. The van der Waals surface area contributed by atoms with Gasteiger partial charge in [0.15, 0.2) is 5.78 Å². The fourth-order valence-corrected chi connectivity index (χ4v) is 1.93. The molecular formula is C17H17NO. The molecule has 0 aliphatic carbocycles. The molecular weight excluding hydrogens is 234 g/mol. The Bertz CT molecular complexity index is 600. The van der Waals surface area contributed by atoms with Gasteiger partial charge in [-0.2, -0.15) is 0 Å². The number of ketones is 1. The van der Waals surface area contributed by atoms with Crippen molar-refractivity contribution < 1.29 is 4.79 Å². The maximum atomic E-state index is 12.1. The van der Waals surface area contributed by atoms with Crippen molar-refractivity contribution in [1.82, 2.24) is 0 Å². The Balaban J connectivity index is 2.11. The van der Waals surface area contributed by atoms with Gasteiger partial charge in [-0.1, -0.05) is 54.6 Å². The highest BCUT2D eigenvalue weighted by Crippen LogP contribution is 2.08. The molecule has 96 valence electrons. The summed E-state index contributed by atoms with van der Waals surface area (Å²) in [5.41, 5.74) is 3.70. The molecule has 0 atom stereocenters. The highest BCUT2D eigenvalue weighted by Gasteiger charge is 2.07. The molecule has 0 bridgehead atoms. The van der Waals surface area contributed by atoms with Crippen molar-refractivity contribution in [2.75, 3.05) is 6.54 Å². The molecule has 0 aromatic heterocycles. The van der Waals surface area contributed by atoms with Crippen molar-refractivity contribution in [2.24, 2.45) is 4.99 Å². The Hall–Kier alpha value is -2.22. The number of rotatable bonds is 4. The minimum atomic E-state index is 0.0633. The summed E-state index contributed by atoms with van der Waals surface area (Å²) < 4.78 is 0. The van der Waals surface area contributed by atoms with Crippen LogP contribution in [0.25, 0.3) is 0 Å². The standard InChI is InChI=1S/C17H17NO/c1-13-8-6-7-11-16(13)17(19)12-18-14(2)15-9-4-3-5-10-15/h3-11H,12H2,1-2H3. The van der Waals surface area contributed by atoms with Gasteiger partial charge in [0.1, 0.15) is 6.54 Å². The number of aliphatic imine (C=N–C) groups is 1. The Labute approximate surface area is 113 Å². The van der Waals surface area contributed by atoms with Crippen LogP contribution in [0, 0.1) is 6.92 Å². The van der Waals surface area contributed by atoms with Crippen molar-refractivity contribution in [3.05, 3.63) is 71.3 Å².